The fraction of sp³-hybridized carbons (Fsp3) is 0.889. The third-order valence-electron chi connectivity index (χ3n) is 16.4. The van der Waals surface area contributed by atoms with E-state index in [2.05, 4.69) is 55.6 Å². The fourth-order valence-corrected chi connectivity index (χ4v) is 11.0. The topological polar surface area (TPSA) is 95.9 Å². The summed E-state index contributed by atoms with van der Waals surface area (Å²) in [6, 6.07) is -0.547. The molecule has 0 aliphatic carbocycles. The average Bonchev–Trinajstić information content (AvgIpc) is 3.44. The van der Waals surface area contributed by atoms with Crippen LogP contribution in [-0.4, -0.2) is 47.4 Å². The monoisotopic (exact) mass is 1100 g/mol. The maximum absolute atomic E-state index is 12.5. The first-order valence-electron chi connectivity index (χ1n) is 35.2. The highest BCUT2D eigenvalue weighted by Crippen LogP contribution is 2.18. The van der Waals surface area contributed by atoms with Gasteiger partial charge in [0.15, 0.2) is 0 Å². The van der Waals surface area contributed by atoms with Crippen molar-refractivity contribution in [3.63, 3.8) is 0 Å². The molecule has 0 aromatic rings. The Kier molecular flexibility index (Phi) is 65.9. The summed E-state index contributed by atoms with van der Waals surface area (Å²) in [5, 5.41) is 23.4. The second-order valence-electron chi connectivity index (χ2n) is 24.2. The van der Waals surface area contributed by atoms with Crippen LogP contribution in [0, 0.1) is 0 Å². The van der Waals surface area contributed by atoms with Crippen molar-refractivity contribution >= 4 is 11.9 Å². The molecule has 1 amide bonds. The molecule has 3 N–H and O–H groups in total. The zero-order valence-corrected chi connectivity index (χ0v) is 52.7. The standard InChI is InChI=1S/C72H137NO5/c1-3-5-7-9-11-13-15-17-19-21-32-36-40-44-48-52-56-60-64-70(75)69(68-74)73-71(76)65-61-57-53-49-45-41-37-33-30-28-26-24-23-25-27-29-31-35-39-43-47-51-55-59-63-67-78-72(77)66-62-58-54-50-46-42-38-34-22-20-18-16-14-12-10-8-6-4-2/h20,22,24-27,69-70,74-75H,3-19,21,23,28-68H2,1-2H3,(H,73,76)/b22-20-,26-24-,27-25-. The Bertz CT molecular complexity index is 1260. The molecule has 6 heteroatoms. The Morgan fingerprint density at radius 3 is 0.987 bits per heavy atom. The van der Waals surface area contributed by atoms with E-state index in [0.29, 0.717) is 25.9 Å². The highest BCUT2D eigenvalue weighted by molar-refractivity contribution is 5.76. The second-order valence-corrected chi connectivity index (χ2v) is 24.2. The number of amides is 1. The molecule has 0 heterocycles. The lowest BCUT2D eigenvalue weighted by molar-refractivity contribution is -0.143. The van der Waals surface area contributed by atoms with E-state index in [1.165, 1.54) is 302 Å². The van der Waals surface area contributed by atoms with Crippen LogP contribution in [0.2, 0.25) is 0 Å². The van der Waals surface area contributed by atoms with Crippen LogP contribution in [0.15, 0.2) is 36.5 Å². The summed E-state index contributed by atoms with van der Waals surface area (Å²) >= 11 is 0. The predicted octanol–water partition coefficient (Wildman–Crippen LogP) is 22.7. The maximum atomic E-state index is 12.5. The first kappa shape index (κ1) is 76.1. The molecule has 0 saturated heterocycles. The van der Waals surface area contributed by atoms with Crippen molar-refractivity contribution in [1.29, 1.82) is 0 Å². The third-order valence-corrected chi connectivity index (χ3v) is 16.4. The highest BCUT2D eigenvalue weighted by Gasteiger charge is 2.20. The summed E-state index contributed by atoms with van der Waals surface area (Å²) in [6.07, 6.45) is 86.1. The number of aliphatic hydroxyl groups excluding tert-OH is 2. The van der Waals surface area contributed by atoms with Crippen LogP contribution in [0.4, 0.5) is 0 Å². The van der Waals surface area contributed by atoms with Crippen LogP contribution in [0.1, 0.15) is 386 Å². The van der Waals surface area contributed by atoms with E-state index in [4.69, 9.17) is 4.74 Å². The number of aliphatic hydroxyl groups is 2. The van der Waals surface area contributed by atoms with Gasteiger partial charge >= 0.3 is 5.97 Å². The van der Waals surface area contributed by atoms with E-state index in [1.54, 1.807) is 0 Å². The summed E-state index contributed by atoms with van der Waals surface area (Å²) in [5.74, 6) is -0.0314. The minimum absolute atomic E-state index is 0.00668. The van der Waals surface area contributed by atoms with E-state index in [1.807, 2.05) is 0 Å². The Morgan fingerprint density at radius 1 is 0.359 bits per heavy atom. The molecule has 6 nitrogen and oxygen atoms in total. The summed E-state index contributed by atoms with van der Waals surface area (Å²) in [5.41, 5.74) is 0. The quantitative estimate of drug-likeness (QED) is 0.0320. The number of hydrogen-bond acceptors (Lipinski definition) is 5. The SMILES string of the molecule is CCCCCCCCC/C=C\CCCCCCCCCC(=O)OCCCCCCCCCCC/C=C\C/C=C\CCCCCCCCCCCC(=O)NC(CO)C(O)CCCCCCCCCCCCCCCCCCCC. The van der Waals surface area contributed by atoms with Gasteiger partial charge in [0, 0.05) is 12.8 Å². The molecule has 0 bridgehead atoms. The van der Waals surface area contributed by atoms with Gasteiger partial charge in [0.1, 0.15) is 0 Å². The molecule has 0 aliphatic heterocycles. The van der Waals surface area contributed by atoms with Gasteiger partial charge in [-0.25, -0.2) is 0 Å². The molecule has 0 saturated carbocycles. The van der Waals surface area contributed by atoms with Crippen molar-refractivity contribution in [2.45, 2.75) is 398 Å². The number of ether oxygens (including phenoxy) is 1. The molecule has 0 aromatic heterocycles. The van der Waals surface area contributed by atoms with Crippen LogP contribution in [0.25, 0.3) is 0 Å². The normalized spacial score (nSPS) is 12.7. The van der Waals surface area contributed by atoms with Crippen LogP contribution in [-0.2, 0) is 14.3 Å². The maximum Gasteiger partial charge on any atom is 0.305 e. The second kappa shape index (κ2) is 67.6. The zero-order chi connectivity index (χ0) is 56.4. The van der Waals surface area contributed by atoms with Crippen molar-refractivity contribution in [3.8, 4) is 0 Å². The predicted molar refractivity (Wildman–Crippen MR) is 343 cm³/mol. The van der Waals surface area contributed by atoms with Crippen molar-refractivity contribution in [3.05, 3.63) is 36.5 Å². The van der Waals surface area contributed by atoms with Gasteiger partial charge in [-0.05, 0) is 83.5 Å². The fourth-order valence-electron chi connectivity index (χ4n) is 11.0. The molecule has 0 fully saturated rings. The summed E-state index contributed by atoms with van der Waals surface area (Å²) in [4.78, 5) is 24.6. The number of nitrogens with one attached hydrogen (secondary N) is 1. The van der Waals surface area contributed by atoms with E-state index in [0.717, 1.165) is 51.4 Å². The number of unbranched alkanes of at least 4 members (excludes halogenated alkanes) is 49. The average molecular weight is 1100 g/mol. The summed E-state index contributed by atoms with van der Waals surface area (Å²) < 4.78 is 5.50. The molecule has 0 aliphatic rings. The van der Waals surface area contributed by atoms with Gasteiger partial charge in [0.2, 0.25) is 5.91 Å². The lowest BCUT2D eigenvalue weighted by atomic mass is 10.0. The number of rotatable bonds is 66. The van der Waals surface area contributed by atoms with E-state index < -0.39 is 12.1 Å². The summed E-state index contributed by atoms with van der Waals surface area (Å²) in [7, 11) is 0. The Balaban J connectivity index is 3.42. The lowest BCUT2D eigenvalue weighted by Gasteiger charge is -2.22. The molecular formula is C72H137NO5. The number of carbonyl (C=O) groups excluding carboxylic acids is 2. The minimum atomic E-state index is -0.669. The van der Waals surface area contributed by atoms with Crippen molar-refractivity contribution in [2.24, 2.45) is 0 Å². The largest absolute Gasteiger partial charge is 0.466 e. The third kappa shape index (κ3) is 63.3. The molecular weight excluding hydrogens is 959 g/mol. The van der Waals surface area contributed by atoms with Crippen molar-refractivity contribution in [2.75, 3.05) is 13.2 Å². The molecule has 2 unspecified atom stereocenters. The smallest absolute Gasteiger partial charge is 0.305 e. The Hall–Kier alpha value is -1.92. The van der Waals surface area contributed by atoms with Gasteiger partial charge in [0.05, 0.1) is 25.4 Å². The van der Waals surface area contributed by atoms with Crippen LogP contribution >= 0.6 is 0 Å². The zero-order valence-electron chi connectivity index (χ0n) is 52.7. The van der Waals surface area contributed by atoms with Gasteiger partial charge in [-0.1, -0.05) is 326 Å². The molecule has 2 atom stereocenters. The highest BCUT2D eigenvalue weighted by atomic mass is 16.5. The first-order valence-corrected chi connectivity index (χ1v) is 35.2. The first-order chi connectivity index (χ1) is 38.5. The number of hydrogen-bond donors (Lipinski definition) is 3. The number of allylic oxidation sites excluding steroid dienone is 6. The molecule has 460 valence electrons. The molecule has 0 rings (SSSR count). The van der Waals surface area contributed by atoms with Gasteiger partial charge in [-0.2, -0.15) is 0 Å². The minimum Gasteiger partial charge on any atom is -0.466 e. The van der Waals surface area contributed by atoms with Crippen molar-refractivity contribution in [1.82, 2.24) is 5.32 Å². The molecule has 0 spiro atoms. The van der Waals surface area contributed by atoms with Crippen LogP contribution in [0.5, 0.6) is 0 Å². The number of esters is 1. The van der Waals surface area contributed by atoms with Gasteiger partial charge in [0.25, 0.3) is 0 Å². The van der Waals surface area contributed by atoms with Crippen LogP contribution in [0.3, 0.4) is 0 Å². The number of carbonyl (C=O) groups is 2. The van der Waals surface area contributed by atoms with E-state index in [-0.39, 0.29) is 18.5 Å². The summed E-state index contributed by atoms with van der Waals surface area (Å²) in [6.45, 7) is 4.97. The Labute approximate surface area is 487 Å². The van der Waals surface area contributed by atoms with E-state index >= 15 is 0 Å². The van der Waals surface area contributed by atoms with Gasteiger partial charge in [-0.3, -0.25) is 9.59 Å². The van der Waals surface area contributed by atoms with Crippen molar-refractivity contribution < 1.29 is 24.5 Å². The lowest BCUT2D eigenvalue weighted by Crippen LogP contribution is -2.45. The molecule has 0 radical (unpaired) electrons. The molecule has 0 aromatic carbocycles. The van der Waals surface area contributed by atoms with Gasteiger partial charge in [-0.15, -0.1) is 0 Å². The molecule has 78 heavy (non-hydrogen) atoms. The van der Waals surface area contributed by atoms with Gasteiger partial charge < -0.3 is 20.3 Å². The van der Waals surface area contributed by atoms with E-state index in [9.17, 15) is 19.8 Å². The Morgan fingerprint density at radius 2 is 0.641 bits per heavy atom. The van der Waals surface area contributed by atoms with Crippen LogP contribution < -0.4 is 5.32 Å².